The Kier molecular flexibility index (Phi) is 5.79. The van der Waals surface area contributed by atoms with Crippen LogP contribution in [0, 0.1) is 0 Å². The Bertz CT molecular complexity index is 715. The van der Waals surface area contributed by atoms with Gasteiger partial charge in [-0.05, 0) is 52.2 Å². The minimum Gasteiger partial charge on any atom is -0.444 e. The van der Waals surface area contributed by atoms with Crippen molar-refractivity contribution in [3.63, 3.8) is 0 Å². The zero-order chi connectivity index (χ0) is 19.6. The maximum atomic E-state index is 12.6. The number of hydrogen-bond acceptors (Lipinski definition) is 5. The summed E-state index contributed by atoms with van der Waals surface area (Å²) in [4.78, 5) is 33.1. The Labute approximate surface area is 165 Å². The van der Waals surface area contributed by atoms with Crippen molar-refractivity contribution in [2.75, 3.05) is 31.1 Å². The number of halogens is 1. The third-order valence-corrected chi connectivity index (χ3v) is 4.66. The van der Waals surface area contributed by atoms with E-state index in [0.717, 1.165) is 19.3 Å². The largest absolute Gasteiger partial charge is 0.444 e. The number of hydrogen-bond donors (Lipinski definition) is 1. The fourth-order valence-electron chi connectivity index (χ4n) is 2.97. The minimum atomic E-state index is -0.522. The van der Waals surface area contributed by atoms with Gasteiger partial charge >= 0.3 is 6.09 Å². The molecule has 1 aromatic rings. The van der Waals surface area contributed by atoms with Crippen LogP contribution in [-0.4, -0.2) is 59.7 Å². The smallest absolute Gasteiger partial charge is 0.410 e. The van der Waals surface area contributed by atoms with E-state index >= 15 is 0 Å². The molecule has 0 unspecified atom stereocenters. The van der Waals surface area contributed by atoms with Gasteiger partial charge in [-0.15, -0.1) is 0 Å². The number of nitrogens with zero attached hydrogens (tertiary/aromatic N) is 3. The first-order valence-corrected chi connectivity index (χ1v) is 9.81. The van der Waals surface area contributed by atoms with Crippen LogP contribution >= 0.6 is 11.6 Å². The molecule has 27 heavy (non-hydrogen) atoms. The summed E-state index contributed by atoms with van der Waals surface area (Å²) in [5, 5.41) is 3.35. The van der Waals surface area contributed by atoms with Gasteiger partial charge in [-0.25, -0.2) is 9.78 Å². The van der Waals surface area contributed by atoms with Crippen LogP contribution in [-0.2, 0) is 4.74 Å². The van der Waals surface area contributed by atoms with E-state index in [1.54, 1.807) is 17.0 Å². The lowest BCUT2D eigenvalue weighted by Crippen LogP contribution is -2.39. The summed E-state index contributed by atoms with van der Waals surface area (Å²) in [6.45, 7) is 7.94. The summed E-state index contributed by atoms with van der Waals surface area (Å²) in [7, 11) is 0. The van der Waals surface area contributed by atoms with E-state index in [0.29, 0.717) is 42.7 Å². The minimum absolute atomic E-state index is 0.120. The van der Waals surface area contributed by atoms with Crippen molar-refractivity contribution in [3.8, 4) is 0 Å². The highest BCUT2D eigenvalue weighted by atomic mass is 35.5. The molecule has 1 saturated heterocycles. The summed E-state index contributed by atoms with van der Waals surface area (Å²) >= 11 is 6.10. The van der Waals surface area contributed by atoms with Gasteiger partial charge in [0.05, 0.1) is 5.56 Å². The number of pyridine rings is 1. The van der Waals surface area contributed by atoms with E-state index in [4.69, 9.17) is 16.3 Å². The summed E-state index contributed by atoms with van der Waals surface area (Å²) < 4.78 is 5.47. The molecule has 0 aromatic carbocycles. The van der Waals surface area contributed by atoms with Gasteiger partial charge in [-0.2, -0.15) is 0 Å². The topological polar surface area (TPSA) is 74.8 Å². The number of anilines is 1. The van der Waals surface area contributed by atoms with Crippen LogP contribution < -0.4 is 10.2 Å². The van der Waals surface area contributed by atoms with E-state index in [1.807, 2.05) is 25.7 Å². The van der Waals surface area contributed by atoms with E-state index in [1.165, 1.54) is 0 Å². The summed E-state index contributed by atoms with van der Waals surface area (Å²) in [6.07, 6.45) is 2.50. The fraction of sp³-hybridized carbons (Fsp3) is 0.632. The van der Waals surface area contributed by atoms with Crippen molar-refractivity contribution in [2.24, 2.45) is 0 Å². The van der Waals surface area contributed by atoms with Crippen molar-refractivity contribution in [2.45, 2.75) is 51.7 Å². The third kappa shape index (κ3) is 5.48. The number of nitrogens with one attached hydrogen (secondary N) is 1. The van der Waals surface area contributed by atoms with Crippen LogP contribution in [0.25, 0.3) is 0 Å². The Morgan fingerprint density at radius 3 is 2.59 bits per heavy atom. The van der Waals surface area contributed by atoms with Crippen molar-refractivity contribution in [1.29, 1.82) is 0 Å². The van der Waals surface area contributed by atoms with Crippen LogP contribution in [0.5, 0.6) is 0 Å². The molecular weight excluding hydrogens is 368 g/mol. The second kappa shape index (κ2) is 7.92. The number of aromatic nitrogens is 1. The lowest BCUT2D eigenvalue weighted by Gasteiger charge is -2.27. The molecular formula is C19H27ClN4O3. The standard InChI is InChI=1S/C19H27ClN4O3/c1-19(2,3)27-18(26)24-10-4-9-23(11-12-24)16-14(7-8-15(20)22-16)17(25)21-13-5-6-13/h7-8,13H,4-6,9-12H2,1-3H3,(H,21,25). The average molecular weight is 395 g/mol. The second-order valence-electron chi connectivity index (χ2n) is 8.06. The molecule has 1 saturated carbocycles. The highest BCUT2D eigenvalue weighted by Crippen LogP contribution is 2.25. The molecule has 2 aliphatic rings. The molecule has 8 heteroatoms. The maximum Gasteiger partial charge on any atom is 0.410 e. The predicted octanol–water partition coefficient (Wildman–Crippen LogP) is 3.07. The molecule has 2 amide bonds. The molecule has 1 N–H and O–H groups in total. The van der Waals surface area contributed by atoms with Gasteiger partial charge in [0.25, 0.3) is 5.91 Å². The molecule has 1 aliphatic carbocycles. The molecule has 0 radical (unpaired) electrons. The number of ether oxygens (including phenoxy) is 1. The fourth-order valence-corrected chi connectivity index (χ4v) is 3.12. The SMILES string of the molecule is CC(C)(C)OC(=O)N1CCCN(c2nc(Cl)ccc2C(=O)NC2CC2)CC1. The van der Waals surface area contributed by atoms with E-state index < -0.39 is 5.60 Å². The lowest BCUT2D eigenvalue weighted by atomic mass is 10.2. The van der Waals surface area contributed by atoms with Crippen molar-refractivity contribution < 1.29 is 14.3 Å². The van der Waals surface area contributed by atoms with E-state index in [2.05, 4.69) is 10.3 Å². The normalized spacial score (nSPS) is 18.1. The maximum absolute atomic E-state index is 12.6. The van der Waals surface area contributed by atoms with Gasteiger partial charge < -0.3 is 19.9 Å². The van der Waals surface area contributed by atoms with Crippen molar-refractivity contribution in [3.05, 3.63) is 22.8 Å². The van der Waals surface area contributed by atoms with Crippen molar-refractivity contribution >= 4 is 29.4 Å². The first-order chi connectivity index (χ1) is 12.7. The highest BCUT2D eigenvalue weighted by Gasteiger charge is 2.29. The molecule has 0 spiro atoms. The van der Waals surface area contributed by atoms with Crippen LogP contribution in [0.15, 0.2) is 12.1 Å². The molecule has 1 aromatic heterocycles. The molecule has 0 bridgehead atoms. The Hall–Kier alpha value is -2.02. The summed E-state index contributed by atoms with van der Waals surface area (Å²) in [6, 6.07) is 3.63. The number of carbonyl (C=O) groups excluding carboxylic acids is 2. The molecule has 0 atom stereocenters. The van der Waals surface area contributed by atoms with Crippen LogP contribution in [0.4, 0.5) is 10.6 Å². The predicted molar refractivity (Wildman–Crippen MR) is 104 cm³/mol. The zero-order valence-electron chi connectivity index (χ0n) is 16.1. The lowest BCUT2D eigenvalue weighted by molar-refractivity contribution is 0.0263. The third-order valence-electron chi connectivity index (χ3n) is 4.45. The van der Waals surface area contributed by atoms with Crippen LogP contribution in [0.3, 0.4) is 0 Å². The van der Waals surface area contributed by atoms with Gasteiger partial charge in [0.15, 0.2) is 0 Å². The van der Waals surface area contributed by atoms with Gasteiger partial charge in [-0.3, -0.25) is 4.79 Å². The van der Waals surface area contributed by atoms with Gasteiger partial charge in [-0.1, -0.05) is 11.6 Å². The number of carbonyl (C=O) groups is 2. The Morgan fingerprint density at radius 1 is 1.19 bits per heavy atom. The molecule has 7 nitrogen and oxygen atoms in total. The molecule has 1 aliphatic heterocycles. The van der Waals surface area contributed by atoms with Gasteiger partial charge in [0, 0.05) is 32.2 Å². The number of rotatable bonds is 3. The average Bonchev–Trinajstić information content (AvgIpc) is 3.39. The quantitative estimate of drug-likeness (QED) is 0.797. The van der Waals surface area contributed by atoms with Crippen molar-refractivity contribution in [1.82, 2.24) is 15.2 Å². The molecule has 3 rings (SSSR count). The Balaban J connectivity index is 1.72. The highest BCUT2D eigenvalue weighted by molar-refractivity contribution is 6.29. The Morgan fingerprint density at radius 2 is 1.93 bits per heavy atom. The van der Waals surface area contributed by atoms with Crippen LogP contribution in [0.2, 0.25) is 5.15 Å². The summed E-state index contributed by atoms with van der Waals surface area (Å²) in [5.74, 6) is 0.455. The monoisotopic (exact) mass is 394 g/mol. The van der Waals surface area contributed by atoms with Gasteiger partial charge in [0.1, 0.15) is 16.6 Å². The summed E-state index contributed by atoms with van der Waals surface area (Å²) in [5.41, 5.74) is 0.00285. The first-order valence-electron chi connectivity index (χ1n) is 9.43. The zero-order valence-corrected chi connectivity index (χ0v) is 16.9. The van der Waals surface area contributed by atoms with E-state index in [-0.39, 0.29) is 18.0 Å². The first kappa shape index (κ1) is 19.7. The molecule has 148 valence electrons. The molecule has 2 heterocycles. The molecule has 2 fully saturated rings. The van der Waals surface area contributed by atoms with E-state index in [9.17, 15) is 9.59 Å². The van der Waals surface area contributed by atoms with Gasteiger partial charge in [0.2, 0.25) is 0 Å². The van der Waals surface area contributed by atoms with Crippen LogP contribution in [0.1, 0.15) is 50.4 Å². The number of amides is 2. The second-order valence-corrected chi connectivity index (χ2v) is 8.45.